The van der Waals surface area contributed by atoms with Crippen LogP contribution in [0.4, 0.5) is 0 Å². The van der Waals surface area contributed by atoms with Gasteiger partial charge in [0.15, 0.2) is 0 Å². The second kappa shape index (κ2) is 6.49. The van der Waals surface area contributed by atoms with Crippen molar-refractivity contribution in [2.45, 2.75) is 19.5 Å². The minimum Gasteiger partial charge on any atom is -0.298 e. The Hall–Kier alpha value is -1.53. The summed E-state index contributed by atoms with van der Waals surface area (Å²) in [6.45, 7) is 2.58. The molecule has 5 nitrogen and oxygen atoms in total. The molecule has 0 N–H and O–H groups in total. The monoisotopic (exact) mass is 307 g/mol. The van der Waals surface area contributed by atoms with E-state index in [9.17, 15) is 9.00 Å². The van der Waals surface area contributed by atoms with E-state index in [1.165, 1.54) is 0 Å². The third-order valence-electron chi connectivity index (χ3n) is 3.69. The molecule has 1 heterocycles. The molecule has 1 aromatic heterocycles. The molecule has 0 bridgehead atoms. The highest BCUT2D eigenvalue weighted by atomic mass is 32.2. The van der Waals surface area contributed by atoms with Crippen LogP contribution < -0.4 is 5.56 Å². The molecule has 0 saturated heterocycles. The second-order valence-electron chi connectivity index (χ2n) is 5.41. The number of para-hydroxylation sites is 1. The average Bonchev–Trinajstić information content (AvgIpc) is 2.43. The van der Waals surface area contributed by atoms with E-state index in [2.05, 4.69) is 9.88 Å². The first-order valence-electron chi connectivity index (χ1n) is 6.85. The molecule has 0 radical (unpaired) electrons. The fourth-order valence-electron chi connectivity index (χ4n) is 2.25. The Balaban J connectivity index is 2.32. The van der Waals surface area contributed by atoms with Crippen molar-refractivity contribution >= 4 is 21.7 Å². The van der Waals surface area contributed by atoms with Crippen molar-refractivity contribution in [3.63, 3.8) is 0 Å². The zero-order valence-corrected chi connectivity index (χ0v) is 13.7. The van der Waals surface area contributed by atoms with Crippen LogP contribution in [0.3, 0.4) is 0 Å². The van der Waals surface area contributed by atoms with Gasteiger partial charge in [0.05, 0.1) is 17.4 Å². The maximum Gasteiger partial charge on any atom is 0.261 e. The van der Waals surface area contributed by atoms with Crippen molar-refractivity contribution in [1.82, 2.24) is 14.5 Å². The zero-order chi connectivity index (χ0) is 15.6. The van der Waals surface area contributed by atoms with E-state index in [1.54, 1.807) is 23.9 Å². The van der Waals surface area contributed by atoms with Crippen LogP contribution in [0.25, 0.3) is 10.9 Å². The lowest BCUT2D eigenvalue weighted by atomic mass is 10.2. The summed E-state index contributed by atoms with van der Waals surface area (Å²) in [6, 6.07) is 7.53. The van der Waals surface area contributed by atoms with Crippen LogP contribution in [0.15, 0.2) is 29.1 Å². The molecule has 0 fully saturated rings. The first-order valence-corrected chi connectivity index (χ1v) is 8.57. The predicted octanol–water partition coefficient (Wildman–Crippen LogP) is 1.13. The van der Waals surface area contributed by atoms with Crippen LogP contribution in [0.1, 0.15) is 12.7 Å². The highest BCUT2D eigenvalue weighted by Gasteiger charge is 2.15. The van der Waals surface area contributed by atoms with E-state index >= 15 is 0 Å². The normalized spacial score (nSPS) is 14.5. The molecule has 0 aliphatic carbocycles. The van der Waals surface area contributed by atoms with E-state index in [-0.39, 0.29) is 11.6 Å². The Morgan fingerprint density at radius 1 is 1.38 bits per heavy atom. The summed E-state index contributed by atoms with van der Waals surface area (Å²) in [5.74, 6) is 1.33. The van der Waals surface area contributed by atoms with Gasteiger partial charge >= 0.3 is 0 Å². The van der Waals surface area contributed by atoms with E-state index in [0.29, 0.717) is 17.7 Å². The van der Waals surface area contributed by atoms with Crippen LogP contribution in [0, 0.1) is 0 Å². The summed E-state index contributed by atoms with van der Waals surface area (Å²) in [6.07, 6.45) is 1.70. The molecule has 114 valence electrons. The van der Waals surface area contributed by atoms with Crippen molar-refractivity contribution in [2.75, 3.05) is 19.1 Å². The number of hydrogen-bond acceptors (Lipinski definition) is 4. The van der Waals surface area contributed by atoms with Gasteiger partial charge in [-0.05, 0) is 26.1 Å². The minimum atomic E-state index is -0.837. The lowest BCUT2D eigenvalue weighted by Crippen LogP contribution is -2.35. The first-order chi connectivity index (χ1) is 9.90. The maximum atomic E-state index is 12.3. The Morgan fingerprint density at radius 3 is 2.71 bits per heavy atom. The van der Waals surface area contributed by atoms with Crippen molar-refractivity contribution in [1.29, 1.82) is 0 Å². The van der Waals surface area contributed by atoms with Gasteiger partial charge in [0, 0.05) is 35.9 Å². The number of hydrogen-bond donors (Lipinski definition) is 0. The van der Waals surface area contributed by atoms with E-state index in [4.69, 9.17) is 0 Å². The van der Waals surface area contributed by atoms with Crippen molar-refractivity contribution in [3.8, 4) is 0 Å². The first kappa shape index (κ1) is 15.9. The lowest BCUT2D eigenvalue weighted by molar-refractivity contribution is 0.258. The number of aromatic nitrogens is 2. The third-order valence-corrected chi connectivity index (χ3v) is 4.65. The highest BCUT2D eigenvalue weighted by molar-refractivity contribution is 7.84. The van der Waals surface area contributed by atoms with Crippen LogP contribution in [-0.4, -0.2) is 43.8 Å². The largest absolute Gasteiger partial charge is 0.298 e. The minimum absolute atomic E-state index is 0.0317. The fraction of sp³-hybridized carbons (Fsp3) is 0.467. The fourth-order valence-corrected chi connectivity index (χ4v) is 3.18. The van der Waals surface area contributed by atoms with Gasteiger partial charge < -0.3 is 0 Å². The molecular weight excluding hydrogens is 286 g/mol. The molecular formula is C15H21N3O2S. The van der Waals surface area contributed by atoms with Gasteiger partial charge in [-0.3, -0.25) is 18.5 Å². The second-order valence-corrected chi connectivity index (χ2v) is 6.89. The van der Waals surface area contributed by atoms with Gasteiger partial charge in [-0.15, -0.1) is 0 Å². The standard InChI is InChI=1S/C15H21N3O2S/c1-11(10-21(4)20)17(2)9-14-16-13-8-6-5-7-12(13)15(19)18(14)3/h5-8,11H,9-10H2,1-4H3/t11-,21+/m0/s1. The summed E-state index contributed by atoms with van der Waals surface area (Å²) in [5.41, 5.74) is 0.687. The molecule has 0 aliphatic heterocycles. The molecule has 0 unspecified atom stereocenters. The Morgan fingerprint density at radius 2 is 2.05 bits per heavy atom. The van der Waals surface area contributed by atoms with E-state index in [1.807, 2.05) is 32.2 Å². The molecule has 6 heteroatoms. The molecule has 0 saturated carbocycles. The van der Waals surface area contributed by atoms with E-state index < -0.39 is 10.8 Å². The molecule has 21 heavy (non-hydrogen) atoms. The van der Waals surface area contributed by atoms with Crippen LogP contribution in [0.2, 0.25) is 0 Å². The quantitative estimate of drug-likeness (QED) is 0.831. The van der Waals surface area contributed by atoms with Gasteiger partial charge in [0.2, 0.25) is 0 Å². The molecule has 1 aromatic carbocycles. The van der Waals surface area contributed by atoms with Crippen LogP contribution >= 0.6 is 0 Å². The smallest absolute Gasteiger partial charge is 0.261 e. The van der Waals surface area contributed by atoms with Gasteiger partial charge in [-0.25, -0.2) is 4.98 Å². The van der Waals surface area contributed by atoms with Gasteiger partial charge in [-0.1, -0.05) is 12.1 Å². The SMILES string of the molecule is C[C@@H](C[S@@](C)=O)N(C)Cc1nc2ccccc2c(=O)n1C. The summed E-state index contributed by atoms with van der Waals surface area (Å²) in [7, 11) is 2.86. The van der Waals surface area contributed by atoms with Crippen LogP contribution in [-0.2, 0) is 24.4 Å². The highest BCUT2D eigenvalue weighted by Crippen LogP contribution is 2.09. The summed E-state index contributed by atoms with van der Waals surface area (Å²) < 4.78 is 12.9. The lowest BCUT2D eigenvalue weighted by Gasteiger charge is -2.24. The molecule has 2 rings (SSSR count). The van der Waals surface area contributed by atoms with Crippen molar-refractivity contribution in [2.24, 2.45) is 7.05 Å². The number of fused-ring (bicyclic) bond motifs is 1. The van der Waals surface area contributed by atoms with Crippen LogP contribution in [0.5, 0.6) is 0 Å². The molecule has 0 spiro atoms. The zero-order valence-electron chi connectivity index (χ0n) is 12.9. The van der Waals surface area contributed by atoms with Crippen molar-refractivity contribution in [3.05, 3.63) is 40.4 Å². The molecule has 0 aliphatic rings. The van der Waals surface area contributed by atoms with Gasteiger partial charge in [0.25, 0.3) is 5.56 Å². The average molecular weight is 307 g/mol. The Labute approximate surface area is 127 Å². The number of rotatable bonds is 5. The molecule has 2 atom stereocenters. The topological polar surface area (TPSA) is 55.2 Å². The predicted molar refractivity (Wildman–Crippen MR) is 86.8 cm³/mol. The number of benzene rings is 1. The Bertz CT molecular complexity index is 726. The third kappa shape index (κ3) is 3.57. The molecule has 2 aromatic rings. The Kier molecular flexibility index (Phi) is 4.90. The number of nitrogens with zero attached hydrogens (tertiary/aromatic N) is 3. The maximum absolute atomic E-state index is 12.3. The van der Waals surface area contributed by atoms with Gasteiger partial charge in [-0.2, -0.15) is 0 Å². The van der Waals surface area contributed by atoms with Gasteiger partial charge in [0.1, 0.15) is 5.82 Å². The summed E-state index contributed by atoms with van der Waals surface area (Å²) >= 11 is 0. The summed E-state index contributed by atoms with van der Waals surface area (Å²) in [5, 5.41) is 0.633. The summed E-state index contributed by atoms with van der Waals surface area (Å²) in [4.78, 5) is 19.0. The van der Waals surface area contributed by atoms with Crippen molar-refractivity contribution < 1.29 is 4.21 Å². The molecule has 0 amide bonds. The van der Waals surface area contributed by atoms with E-state index in [0.717, 1.165) is 11.3 Å².